The lowest BCUT2D eigenvalue weighted by Crippen LogP contribution is -2.54. The summed E-state index contributed by atoms with van der Waals surface area (Å²) in [7, 11) is 0. The number of piperidine rings is 1. The third-order valence-electron chi connectivity index (χ3n) is 6.93. The molecule has 2 aromatic carbocycles. The molecule has 0 radical (unpaired) electrons. The van der Waals surface area contributed by atoms with Gasteiger partial charge in [-0.25, -0.2) is 14.7 Å². The smallest absolute Gasteiger partial charge is 0.408 e. The number of benzene rings is 2. The van der Waals surface area contributed by atoms with E-state index in [2.05, 4.69) is 16.1 Å². The van der Waals surface area contributed by atoms with Gasteiger partial charge in [0.05, 0.1) is 12.0 Å². The van der Waals surface area contributed by atoms with Gasteiger partial charge in [-0.05, 0) is 75.4 Å². The summed E-state index contributed by atoms with van der Waals surface area (Å²) < 4.78 is 18.6. The molecule has 0 saturated carbocycles. The predicted molar refractivity (Wildman–Crippen MR) is 155 cm³/mol. The van der Waals surface area contributed by atoms with Crippen LogP contribution in [0.2, 0.25) is 5.02 Å². The van der Waals surface area contributed by atoms with Crippen LogP contribution in [-0.2, 0) is 32.1 Å². The number of hydrogen-bond acceptors (Lipinski definition) is 6. The van der Waals surface area contributed by atoms with E-state index in [0.717, 1.165) is 12.0 Å². The topological polar surface area (TPSA) is 126 Å². The van der Waals surface area contributed by atoms with Crippen molar-refractivity contribution >= 4 is 35.4 Å². The van der Waals surface area contributed by atoms with Crippen LogP contribution in [0.4, 0.5) is 9.18 Å². The van der Waals surface area contributed by atoms with Crippen molar-refractivity contribution < 1.29 is 33.1 Å². The molecule has 3 rings (SSSR count). The first-order valence-electron chi connectivity index (χ1n) is 13.8. The molecule has 42 heavy (non-hydrogen) atoms. The van der Waals surface area contributed by atoms with Crippen LogP contribution in [0.5, 0.6) is 0 Å². The number of amides is 4. The molecule has 0 aliphatic carbocycles. The summed E-state index contributed by atoms with van der Waals surface area (Å²) in [5.74, 6) is -1.62. The molecule has 0 spiro atoms. The lowest BCUT2D eigenvalue weighted by molar-refractivity contribution is -0.146. The van der Waals surface area contributed by atoms with Crippen LogP contribution in [0, 0.1) is 11.2 Å². The van der Waals surface area contributed by atoms with Crippen LogP contribution in [-0.4, -0.2) is 60.6 Å². The summed E-state index contributed by atoms with van der Waals surface area (Å²) in [4.78, 5) is 57.9. The molecule has 0 unspecified atom stereocenters. The normalized spacial score (nSPS) is 14.6. The van der Waals surface area contributed by atoms with Crippen molar-refractivity contribution in [2.24, 2.45) is 5.41 Å². The van der Waals surface area contributed by atoms with Crippen LogP contribution < -0.4 is 16.1 Å². The minimum atomic E-state index is -1.08. The Bertz CT molecular complexity index is 1270. The highest BCUT2D eigenvalue weighted by Crippen LogP contribution is 2.33. The van der Waals surface area contributed by atoms with E-state index in [1.54, 1.807) is 37.8 Å². The number of alkyl carbamates (subject to hydrolysis) is 1. The number of carbonyl (C=O) groups is 4. The standard InChI is InChI=1S/C30H38ClFN4O6/c1-5-20-6-8-21(9-7-20)26(38)35-41-19-30(27(39)33-17-22-10-11-23(32)16-24(22)31)12-14-36(15-13-30)25(37)18-34-28(40)42-29(2,3)4/h6-11,16H,5,12-15,17-19H2,1-4H3,(H,33,39)(H,34,40)(H,35,38). The summed E-state index contributed by atoms with van der Waals surface area (Å²) in [6, 6.07) is 11.0. The maximum absolute atomic E-state index is 13.5. The van der Waals surface area contributed by atoms with Crippen molar-refractivity contribution in [3.8, 4) is 0 Å². The first-order valence-corrected chi connectivity index (χ1v) is 14.2. The van der Waals surface area contributed by atoms with E-state index >= 15 is 0 Å². The predicted octanol–water partition coefficient (Wildman–Crippen LogP) is 4.15. The molecule has 10 nitrogen and oxygen atoms in total. The molecule has 1 saturated heterocycles. The number of hydrogen-bond donors (Lipinski definition) is 3. The number of nitrogens with zero attached hydrogens (tertiary/aromatic N) is 1. The van der Waals surface area contributed by atoms with Crippen molar-refractivity contribution in [3.63, 3.8) is 0 Å². The number of carbonyl (C=O) groups excluding carboxylic acids is 4. The molecule has 0 bridgehead atoms. The Balaban J connectivity index is 1.64. The van der Waals surface area contributed by atoms with Crippen molar-refractivity contribution in [3.05, 3.63) is 70.0 Å². The van der Waals surface area contributed by atoms with Gasteiger partial charge in [-0.2, -0.15) is 0 Å². The summed E-state index contributed by atoms with van der Waals surface area (Å²) >= 11 is 6.12. The Morgan fingerprint density at radius 1 is 1.02 bits per heavy atom. The molecule has 1 aliphatic rings. The molecule has 1 heterocycles. The fourth-order valence-electron chi connectivity index (χ4n) is 4.41. The Labute approximate surface area is 250 Å². The van der Waals surface area contributed by atoms with E-state index in [1.165, 1.54) is 18.2 Å². The van der Waals surface area contributed by atoms with Crippen molar-refractivity contribution in [2.45, 2.75) is 59.1 Å². The SMILES string of the molecule is CCc1ccc(C(=O)NOCC2(C(=O)NCc3ccc(F)cc3Cl)CCN(C(=O)CNC(=O)OC(C)(C)C)CC2)cc1. The van der Waals surface area contributed by atoms with Crippen LogP contribution in [0.3, 0.4) is 0 Å². The van der Waals surface area contributed by atoms with Gasteiger partial charge in [0, 0.05) is 30.2 Å². The van der Waals surface area contributed by atoms with Gasteiger partial charge in [0.15, 0.2) is 0 Å². The highest BCUT2D eigenvalue weighted by molar-refractivity contribution is 6.31. The second-order valence-corrected chi connectivity index (χ2v) is 11.6. The van der Waals surface area contributed by atoms with E-state index in [4.69, 9.17) is 21.2 Å². The molecule has 1 fully saturated rings. The van der Waals surface area contributed by atoms with E-state index in [9.17, 15) is 23.6 Å². The zero-order chi connectivity index (χ0) is 30.9. The molecule has 1 aliphatic heterocycles. The fourth-order valence-corrected chi connectivity index (χ4v) is 4.65. The first-order chi connectivity index (χ1) is 19.8. The number of hydroxylamine groups is 1. The lowest BCUT2D eigenvalue weighted by Gasteiger charge is -2.40. The Hall–Kier alpha value is -3.70. The average Bonchev–Trinajstić information content (AvgIpc) is 2.94. The fraction of sp³-hybridized carbons (Fsp3) is 0.467. The zero-order valence-corrected chi connectivity index (χ0v) is 25.1. The van der Waals surface area contributed by atoms with E-state index in [-0.39, 0.29) is 62.5 Å². The Morgan fingerprint density at radius 2 is 1.69 bits per heavy atom. The number of nitrogens with one attached hydrogen (secondary N) is 3. The lowest BCUT2D eigenvalue weighted by atomic mass is 9.78. The summed E-state index contributed by atoms with van der Waals surface area (Å²) in [5.41, 5.74) is 2.67. The molecule has 2 aromatic rings. The van der Waals surface area contributed by atoms with Crippen molar-refractivity contribution in [1.82, 2.24) is 21.0 Å². The van der Waals surface area contributed by atoms with E-state index < -0.39 is 28.8 Å². The summed E-state index contributed by atoms with van der Waals surface area (Å²) in [5, 5.41) is 5.48. The maximum atomic E-state index is 13.5. The summed E-state index contributed by atoms with van der Waals surface area (Å²) in [6.07, 6.45) is 0.606. The largest absolute Gasteiger partial charge is 0.444 e. The van der Waals surface area contributed by atoms with Crippen LogP contribution in [0.15, 0.2) is 42.5 Å². The van der Waals surface area contributed by atoms with Crippen molar-refractivity contribution in [1.29, 1.82) is 0 Å². The third-order valence-corrected chi connectivity index (χ3v) is 7.28. The van der Waals surface area contributed by atoms with Crippen LogP contribution in [0.25, 0.3) is 0 Å². The van der Waals surface area contributed by atoms with Crippen LogP contribution in [0.1, 0.15) is 62.0 Å². The van der Waals surface area contributed by atoms with Gasteiger partial charge < -0.3 is 20.3 Å². The second kappa shape index (κ2) is 14.5. The number of rotatable bonds is 10. The first kappa shape index (κ1) is 32.8. The van der Waals surface area contributed by atoms with Gasteiger partial charge in [-0.3, -0.25) is 19.2 Å². The number of aryl methyl sites for hydroxylation is 1. The van der Waals surface area contributed by atoms with E-state index in [0.29, 0.717) is 11.1 Å². The van der Waals surface area contributed by atoms with Crippen molar-refractivity contribution in [2.75, 3.05) is 26.2 Å². The Kier molecular flexibility index (Phi) is 11.3. The maximum Gasteiger partial charge on any atom is 0.408 e. The highest BCUT2D eigenvalue weighted by atomic mass is 35.5. The average molecular weight is 605 g/mol. The molecule has 3 N–H and O–H groups in total. The molecular weight excluding hydrogens is 567 g/mol. The van der Waals surface area contributed by atoms with Gasteiger partial charge in [0.1, 0.15) is 18.0 Å². The number of likely N-dealkylation sites (tertiary alicyclic amines) is 1. The minimum absolute atomic E-state index is 0.0539. The van der Waals surface area contributed by atoms with Gasteiger partial charge in [0.2, 0.25) is 11.8 Å². The van der Waals surface area contributed by atoms with Gasteiger partial charge in [-0.15, -0.1) is 0 Å². The molecule has 4 amide bonds. The molecule has 228 valence electrons. The summed E-state index contributed by atoms with van der Waals surface area (Å²) in [6.45, 7) is 7.28. The highest BCUT2D eigenvalue weighted by Gasteiger charge is 2.43. The zero-order valence-electron chi connectivity index (χ0n) is 24.4. The third kappa shape index (κ3) is 9.42. The molecule has 12 heteroatoms. The monoisotopic (exact) mass is 604 g/mol. The number of halogens is 2. The Morgan fingerprint density at radius 3 is 2.29 bits per heavy atom. The minimum Gasteiger partial charge on any atom is -0.444 e. The quantitative estimate of drug-likeness (QED) is 0.350. The van der Waals surface area contributed by atoms with Gasteiger partial charge in [0.25, 0.3) is 5.91 Å². The molecule has 0 atom stereocenters. The van der Waals surface area contributed by atoms with Gasteiger partial charge in [-0.1, -0.05) is 36.7 Å². The number of ether oxygens (including phenoxy) is 1. The van der Waals surface area contributed by atoms with Crippen LogP contribution >= 0.6 is 11.6 Å². The second-order valence-electron chi connectivity index (χ2n) is 11.2. The molecule has 0 aromatic heterocycles. The van der Waals surface area contributed by atoms with E-state index in [1.807, 2.05) is 19.1 Å². The van der Waals surface area contributed by atoms with Gasteiger partial charge >= 0.3 is 6.09 Å². The molecular formula is C30H38ClFN4O6.